The van der Waals surface area contributed by atoms with Gasteiger partial charge in [-0.15, -0.1) is 0 Å². The molecule has 0 aromatic rings. The van der Waals surface area contributed by atoms with E-state index in [1.54, 1.807) is 0 Å². The minimum absolute atomic E-state index is 0.351. The molecule has 0 aromatic heterocycles. The van der Waals surface area contributed by atoms with E-state index >= 15 is 0 Å². The van der Waals surface area contributed by atoms with Crippen molar-refractivity contribution in [1.82, 2.24) is 5.32 Å². The van der Waals surface area contributed by atoms with Crippen LogP contribution in [0.15, 0.2) is 0 Å². The average molecular weight is 255 g/mol. The first kappa shape index (κ1) is 14.3. The van der Waals surface area contributed by atoms with Gasteiger partial charge in [-0.3, -0.25) is 0 Å². The van der Waals surface area contributed by atoms with Crippen LogP contribution in [0.1, 0.15) is 58.3 Å². The highest BCUT2D eigenvalue weighted by Gasteiger charge is 2.25. The van der Waals surface area contributed by atoms with Crippen LogP contribution in [0.4, 0.5) is 0 Å². The van der Waals surface area contributed by atoms with Crippen molar-refractivity contribution in [2.24, 2.45) is 0 Å². The number of rotatable bonds is 5. The monoisotopic (exact) mass is 255 g/mol. The molecule has 0 bridgehead atoms. The zero-order valence-electron chi connectivity index (χ0n) is 11.8. The Balaban J connectivity index is 1.76. The van der Waals surface area contributed by atoms with Crippen molar-refractivity contribution in [3.05, 3.63) is 0 Å². The SMILES string of the molecule is CCNC1CCCCCC1OCC1CCCCO1. The molecule has 106 valence electrons. The molecule has 18 heavy (non-hydrogen) atoms. The zero-order valence-corrected chi connectivity index (χ0v) is 11.8. The first-order valence-electron chi connectivity index (χ1n) is 7.86. The molecule has 0 amide bonds. The van der Waals surface area contributed by atoms with E-state index in [2.05, 4.69) is 12.2 Å². The van der Waals surface area contributed by atoms with Crippen molar-refractivity contribution in [2.45, 2.75) is 76.5 Å². The lowest BCUT2D eigenvalue weighted by Crippen LogP contribution is -2.42. The van der Waals surface area contributed by atoms with Crippen LogP contribution in [-0.4, -0.2) is 38.0 Å². The molecule has 1 saturated heterocycles. The molecule has 0 aromatic carbocycles. The summed E-state index contributed by atoms with van der Waals surface area (Å²) in [6.07, 6.45) is 11.0. The van der Waals surface area contributed by atoms with Crippen LogP contribution in [0.3, 0.4) is 0 Å². The number of hydrogen-bond acceptors (Lipinski definition) is 3. The van der Waals surface area contributed by atoms with Gasteiger partial charge in [0.2, 0.25) is 0 Å². The number of nitrogens with one attached hydrogen (secondary N) is 1. The van der Waals surface area contributed by atoms with Gasteiger partial charge in [0.25, 0.3) is 0 Å². The highest BCUT2D eigenvalue weighted by atomic mass is 16.5. The van der Waals surface area contributed by atoms with E-state index in [4.69, 9.17) is 9.47 Å². The third kappa shape index (κ3) is 4.52. The van der Waals surface area contributed by atoms with Gasteiger partial charge in [-0.1, -0.05) is 26.2 Å². The summed E-state index contributed by atoms with van der Waals surface area (Å²) in [6.45, 7) is 4.96. The lowest BCUT2D eigenvalue weighted by Gasteiger charge is -2.29. The molecule has 3 nitrogen and oxygen atoms in total. The molecular weight excluding hydrogens is 226 g/mol. The number of likely N-dealkylation sites (N-methyl/N-ethyl adjacent to an activating group) is 1. The molecule has 2 fully saturated rings. The van der Waals surface area contributed by atoms with Crippen molar-refractivity contribution in [3.63, 3.8) is 0 Å². The first-order chi connectivity index (χ1) is 8.90. The third-order valence-corrected chi connectivity index (χ3v) is 4.19. The fraction of sp³-hybridized carbons (Fsp3) is 1.00. The number of ether oxygens (including phenoxy) is 2. The van der Waals surface area contributed by atoms with Crippen LogP contribution in [0, 0.1) is 0 Å². The van der Waals surface area contributed by atoms with Crippen LogP contribution < -0.4 is 5.32 Å². The van der Waals surface area contributed by atoms with Crippen molar-refractivity contribution < 1.29 is 9.47 Å². The summed E-state index contributed by atoms with van der Waals surface area (Å²) in [4.78, 5) is 0. The van der Waals surface area contributed by atoms with E-state index in [0.717, 1.165) is 19.8 Å². The van der Waals surface area contributed by atoms with Crippen LogP contribution >= 0.6 is 0 Å². The summed E-state index contributed by atoms with van der Waals surface area (Å²) >= 11 is 0. The Morgan fingerprint density at radius 3 is 2.67 bits per heavy atom. The first-order valence-corrected chi connectivity index (χ1v) is 7.86. The minimum Gasteiger partial charge on any atom is -0.376 e. The Morgan fingerprint density at radius 2 is 1.89 bits per heavy atom. The molecule has 1 heterocycles. The molecule has 2 aliphatic rings. The molecule has 0 spiro atoms. The van der Waals surface area contributed by atoms with Crippen LogP contribution in [0.25, 0.3) is 0 Å². The van der Waals surface area contributed by atoms with Crippen molar-refractivity contribution in [3.8, 4) is 0 Å². The standard InChI is InChI=1S/C15H29NO2/c1-2-16-14-9-4-3-5-10-15(14)18-12-13-8-6-7-11-17-13/h13-16H,2-12H2,1H3. The van der Waals surface area contributed by atoms with Gasteiger partial charge in [0.15, 0.2) is 0 Å². The molecule has 3 unspecified atom stereocenters. The fourth-order valence-electron chi connectivity index (χ4n) is 3.14. The largest absolute Gasteiger partial charge is 0.376 e. The highest BCUT2D eigenvalue weighted by Crippen LogP contribution is 2.22. The predicted molar refractivity (Wildman–Crippen MR) is 73.9 cm³/mol. The third-order valence-electron chi connectivity index (χ3n) is 4.19. The summed E-state index contributed by atoms with van der Waals surface area (Å²) in [7, 11) is 0. The average Bonchev–Trinajstić information content (AvgIpc) is 2.64. The maximum absolute atomic E-state index is 6.18. The van der Waals surface area contributed by atoms with Gasteiger partial charge in [0.05, 0.1) is 18.8 Å². The summed E-state index contributed by atoms with van der Waals surface area (Å²) in [6, 6.07) is 0.557. The van der Waals surface area contributed by atoms with Gasteiger partial charge in [0.1, 0.15) is 0 Å². The zero-order chi connectivity index (χ0) is 12.6. The van der Waals surface area contributed by atoms with E-state index < -0.39 is 0 Å². The highest BCUT2D eigenvalue weighted by molar-refractivity contribution is 4.80. The van der Waals surface area contributed by atoms with Crippen molar-refractivity contribution >= 4 is 0 Å². The Morgan fingerprint density at radius 1 is 1.06 bits per heavy atom. The maximum Gasteiger partial charge on any atom is 0.0808 e. The summed E-state index contributed by atoms with van der Waals surface area (Å²) in [5, 5.41) is 3.60. The molecule has 1 aliphatic carbocycles. The van der Waals surface area contributed by atoms with Crippen LogP contribution in [-0.2, 0) is 9.47 Å². The Labute approximate surface area is 112 Å². The van der Waals surface area contributed by atoms with Gasteiger partial charge >= 0.3 is 0 Å². The summed E-state index contributed by atoms with van der Waals surface area (Å²) < 4.78 is 11.9. The van der Waals surface area contributed by atoms with Gasteiger partial charge in [-0.05, 0) is 38.6 Å². The lowest BCUT2D eigenvalue weighted by atomic mass is 10.1. The lowest BCUT2D eigenvalue weighted by molar-refractivity contribution is -0.0719. The maximum atomic E-state index is 6.18. The molecule has 3 heteroatoms. The van der Waals surface area contributed by atoms with Gasteiger partial charge in [-0.2, -0.15) is 0 Å². The van der Waals surface area contributed by atoms with E-state index in [1.165, 1.54) is 51.4 Å². The van der Waals surface area contributed by atoms with Gasteiger partial charge in [0, 0.05) is 12.6 Å². The van der Waals surface area contributed by atoms with Crippen LogP contribution in [0.2, 0.25) is 0 Å². The van der Waals surface area contributed by atoms with Crippen molar-refractivity contribution in [2.75, 3.05) is 19.8 Å². The Kier molecular flexibility index (Phi) is 6.46. The smallest absolute Gasteiger partial charge is 0.0808 e. The predicted octanol–water partition coefficient (Wildman–Crippen LogP) is 2.88. The van der Waals surface area contributed by atoms with E-state index in [9.17, 15) is 0 Å². The second-order valence-electron chi connectivity index (χ2n) is 5.66. The molecular formula is C15H29NO2. The van der Waals surface area contributed by atoms with E-state index in [-0.39, 0.29) is 0 Å². The van der Waals surface area contributed by atoms with Crippen LogP contribution in [0.5, 0.6) is 0 Å². The quantitative estimate of drug-likeness (QED) is 0.766. The Hall–Kier alpha value is -0.120. The van der Waals surface area contributed by atoms with Crippen molar-refractivity contribution in [1.29, 1.82) is 0 Å². The second-order valence-corrected chi connectivity index (χ2v) is 5.66. The Bertz CT molecular complexity index is 217. The fourth-order valence-corrected chi connectivity index (χ4v) is 3.14. The molecule has 3 atom stereocenters. The molecule has 1 saturated carbocycles. The van der Waals surface area contributed by atoms with E-state index in [0.29, 0.717) is 18.2 Å². The second kappa shape index (κ2) is 8.13. The normalized spacial score (nSPS) is 34.2. The minimum atomic E-state index is 0.351. The number of hydrogen-bond donors (Lipinski definition) is 1. The van der Waals surface area contributed by atoms with Gasteiger partial charge < -0.3 is 14.8 Å². The van der Waals surface area contributed by atoms with Gasteiger partial charge in [-0.25, -0.2) is 0 Å². The summed E-state index contributed by atoms with van der Waals surface area (Å²) in [5.41, 5.74) is 0. The molecule has 2 rings (SSSR count). The molecule has 0 radical (unpaired) electrons. The molecule has 1 aliphatic heterocycles. The molecule has 1 N–H and O–H groups in total. The summed E-state index contributed by atoms with van der Waals surface area (Å²) in [5.74, 6) is 0. The van der Waals surface area contributed by atoms with E-state index in [1.807, 2.05) is 0 Å². The topological polar surface area (TPSA) is 30.5 Å².